The van der Waals surface area contributed by atoms with Gasteiger partial charge in [-0.15, -0.1) is 0 Å². The number of carbonyl (C=O) groups excluding carboxylic acids is 1. The van der Waals surface area contributed by atoms with Gasteiger partial charge in [0.05, 0.1) is 13.0 Å². The van der Waals surface area contributed by atoms with Crippen LogP contribution in [0, 0.1) is 6.92 Å². The van der Waals surface area contributed by atoms with Crippen LogP contribution in [0.25, 0.3) is 22.5 Å². The lowest BCUT2D eigenvalue weighted by atomic mass is 10.0. The van der Waals surface area contributed by atoms with Crippen LogP contribution < -0.4 is 0 Å². The van der Waals surface area contributed by atoms with Crippen LogP contribution in [0.3, 0.4) is 0 Å². The highest BCUT2D eigenvalue weighted by atomic mass is 16.5. The molecule has 4 rings (SSSR count). The highest BCUT2D eigenvalue weighted by Crippen LogP contribution is 2.20. The maximum absolute atomic E-state index is 12.9. The number of carbonyl (C=O) groups is 1. The highest BCUT2D eigenvalue weighted by Gasteiger charge is 2.17. The van der Waals surface area contributed by atoms with Crippen molar-refractivity contribution in [3.05, 3.63) is 95.9 Å². The van der Waals surface area contributed by atoms with E-state index in [9.17, 15) is 4.79 Å². The minimum atomic E-state index is 0.0327. The summed E-state index contributed by atoms with van der Waals surface area (Å²) in [5.41, 5.74) is 5.32. The summed E-state index contributed by atoms with van der Waals surface area (Å²) in [6, 6.07) is 26.3. The molecule has 0 aliphatic heterocycles. The van der Waals surface area contributed by atoms with Crippen molar-refractivity contribution in [2.75, 3.05) is 6.54 Å². The molecule has 0 aliphatic carbocycles. The summed E-state index contributed by atoms with van der Waals surface area (Å²) in [4.78, 5) is 19.1. The zero-order valence-electron chi connectivity index (χ0n) is 17.8. The summed E-state index contributed by atoms with van der Waals surface area (Å²) in [5.74, 6) is 1.01. The maximum atomic E-state index is 12.9. The Balaban J connectivity index is 1.41. The van der Waals surface area contributed by atoms with E-state index in [1.807, 2.05) is 68.4 Å². The molecule has 3 aromatic carbocycles. The van der Waals surface area contributed by atoms with Gasteiger partial charge in [-0.2, -0.15) is 4.98 Å². The minimum absolute atomic E-state index is 0.0327. The van der Waals surface area contributed by atoms with Gasteiger partial charge in [-0.3, -0.25) is 4.79 Å². The Kier molecular flexibility index (Phi) is 6.22. The second-order valence-corrected chi connectivity index (χ2v) is 7.53. The monoisotopic (exact) mass is 411 g/mol. The second-order valence-electron chi connectivity index (χ2n) is 7.53. The van der Waals surface area contributed by atoms with Crippen molar-refractivity contribution >= 4 is 5.91 Å². The molecule has 156 valence electrons. The molecule has 1 aromatic heterocycles. The molecule has 0 atom stereocenters. The van der Waals surface area contributed by atoms with Crippen molar-refractivity contribution in [3.8, 4) is 22.5 Å². The molecule has 0 saturated heterocycles. The molecule has 0 saturated carbocycles. The smallest absolute Gasteiger partial charge is 0.246 e. The molecule has 0 aliphatic rings. The van der Waals surface area contributed by atoms with Crippen LogP contribution in [0.1, 0.15) is 23.9 Å². The molecule has 31 heavy (non-hydrogen) atoms. The Morgan fingerprint density at radius 2 is 1.61 bits per heavy atom. The average Bonchev–Trinajstić information content (AvgIpc) is 3.27. The van der Waals surface area contributed by atoms with E-state index < -0.39 is 0 Å². The standard InChI is InChI=1S/C26H25N3O2/c1-3-29(18-24-27-26(28-31-24)23-11-7-8-19(2)16-23)25(30)17-20-12-14-22(15-13-20)21-9-5-4-6-10-21/h4-16H,3,17-18H2,1-2H3. The van der Waals surface area contributed by atoms with Crippen LogP contribution in [0.5, 0.6) is 0 Å². The van der Waals surface area contributed by atoms with E-state index in [1.165, 1.54) is 0 Å². The van der Waals surface area contributed by atoms with E-state index in [0.717, 1.165) is 27.8 Å². The van der Waals surface area contributed by atoms with Crippen LogP contribution >= 0.6 is 0 Å². The van der Waals surface area contributed by atoms with Gasteiger partial charge >= 0.3 is 0 Å². The van der Waals surface area contributed by atoms with Gasteiger partial charge in [-0.1, -0.05) is 83.5 Å². The van der Waals surface area contributed by atoms with Crippen molar-refractivity contribution < 1.29 is 9.32 Å². The largest absolute Gasteiger partial charge is 0.337 e. The predicted molar refractivity (Wildman–Crippen MR) is 121 cm³/mol. The average molecular weight is 412 g/mol. The molecular weight excluding hydrogens is 386 g/mol. The normalized spacial score (nSPS) is 10.8. The Morgan fingerprint density at radius 1 is 0.903 bits per heavy atom. The van der Waals surface area contributed by atoms with Gasteiger partial charge in [0.25, 0.3) is 0 Å². The van der Waals surface area contributed by atoms with Gasteiger partial charge in [-0.25, -0.2) is 0 Å². The number of hydrogen-bond donors (Lipinski definition) is 0. The first-order valence-electron chi connectivity index (χ1n) is 10.4. The van der Waals surface area contributed by atoms with Crippen LogP contribution in [0.15, 0.2) is 83.4 Å². The molecule has 0 bridgehead atoms. The lowest BCUT2D eigenvalue weighted by Crippen LogP contribution is -2.31. The molecule has 0 spiro atoms. The Hall–Kier alpha value is -3.73. The summed E-state index contributed by atoms with van der Waals surface area (Å²) >= 11 is 0. The van der Waals surface area contributed by atoms with Crippen LogP contribution in [0.4, 0.5) is 0 Å². The molecule has 5 heteroatoms. The molecule has 0 radical (unpaired) electrons. The molecular formula is C26H25N3O2. The zero-order valence-corrected chi connectivity index (χ0v) is 17.8. The van der Waals surface area contributed by atoms with Gasteiger partial charge in [-0.05, 0) is 36.6 Å². The van der Waals surface area contributed by atoms with Gasteiger partial charge in [0.2, 0.25) is 17.6 Å². The Labute approximate surface area is 182 Å². The summed E-state index contributed by atoms with van der Waals surface area (Å²) in [6.07, 6.45) is 0.335. The van der Waals surface area contributed by atoms with Crippen molar-refractivity contribution in [1.82, 2.24) is 15.0 Å². The van der Waals surface area contributed by atoms with E-state index >= 15 is 0 Å². The fourth-order valence-electron chi connectivity index (χ4n) is 3.49. The van der Waals surface area contributed by atoms with Gasteiger partial charge in [0.1, 0.15) is 0 Å². The number of benzene rings is 3. The van der Waals surface area contributed by atoms with Crippen molar-refractivity contribution in [2.24, 2.45) is 0 Å². The fourth-order valence-corrected chi connectivity index (χ4v) is 3.49. The highest BCUT2D eigenvalue weighted by molar-refractivity contribution is 5.79. The van der Waals surface area contributed by atoms with Gasteiger partial charge in [0, 0.05) is 12.1 Å². The molecule has 5 nitrogen and oxygen atoms in total. The fraction of sp³-hybridized carbons (Fsp3) is 0.192. The topological polar surface area (TPSA) is 59.2 Å². The molecule has 4 aromatic rings. The molecule has 1 amide bonds. The number of aryl methyl sites for hydroxylation is 1. The third kappa shape index (κ3) is 5.07. The van der Waals surface area contributed by atoms with Crippen LogP contribution in [-0.2, 0) is 17.8 Å². The Morgan fingerprint density at radius 3 is 2.32 bits per heavy atom. The minimum Gasteiger partial charge on any atom is -0.337 e. The maximum Gasteiger partial charge on any atom is 0.246 e. The van der Waals surface area contributed by atoms with E-state index in [4.69, 9.17) is 4.52 Å². The zero-order chi connectivity index (χ0) is 21.6. The van der Waals surface area contributed by atoms with Gasteiger partial charge < -0.3 is 9.42 Å². The predicted octanol–water partition coefficient (Wildman–Crippen LogP) is 5.30. The lowest BCUT2D eigenvalue weighted by Gasteiger charge is -2.18. The lowest BCUT2D eigenvalue weighted by molar-refractivity contribution is -0.131. The number of hydrogen-bond acceptors (Lipinski definition) is 4. The Bertz CT molecular complexity index is 1150. The van der Waals surface area contributed by atoms with E-state index in [2.05, 4.69) is 34.4 Å². The first-order valence-corrected chi connectivity index (χ1v) is 10.4. The summed E-state index contributed by atoms with van der Waals surface area (Å²) in [5, 5.41) is 4.07. The SMILES string of the molecule is CCN(Cc1nc(-c2cccc(C)c2)no1)C(=O)Cc1ccc(-c2ccccc2)cc1. The van der Waals surface area contributed by atoms with Crippen molar-refractivity contribution in [3.63, 3.8) is 0 Å². The molecule has 0 N–H and O–H groups in total. The van der Waals surface area contributed by atoms with Crippen LogP contribution in [0.2, 0.25) is 0 Å². The molecule has 0 fully saturated rings. The second kappa shape index (κ2) is 9.39. The van der Waals surface area contributed by atoms with Crippen molar-refractivity contribution in [2.45, 2.75) is 26.8 Å². The number of aromatic nitrogens is 2. The van der Waals surface area contributed by atoms with Gasteiger partial charge in [0.15, 0.2) is 0 Å². The number of likely N-dealkylation sites (N-methyl/N-ethyl adjacent to an activating group) is 1. The number of rotatable bonds is 7. The molecule has 0 unspecified atom stereocenters. The quantitative estimate of drug-likeness (QED) is 0.414. The van der Waals surface area contributed by atoms with E-state index in [0.29, 0.717) is 31.2 Å². The summed E-state index contributed by atoms with van der Waals surface area (Å²) in [6.45, 7) is 4.85. The van der Waals surface area contributed by atoms with E-state index in [1.54, 1.807) is 4.90 Å². The molecule has 1 heterocycles. The third-order valence-corrected chi connectivity index (χ3v) is 5.22. The first-order chi connectivity index (χ1) is 15.1. The third-order valence-electron chi connectivity index (χ3n) is 5.22. The first kappa shape index (κ1) is 20.5. The van der Waals surface area contributed by atoms with Crippen molar-refractivity contribution in [1.29, 1.82) is 0 Å². The summed E-state index contributed by atoms with van der Waals surface area (Å²) < 4.78 is 5.40. The number of amides is 1. The van der Waals surface area contributed by atoms with Crippen LogP contribution in [-0.4, -0.2) is 27.5 Å². The number of nitrogens with zero attached hydrogens (tertiary/aromatic N) is 3. The summed E-state index contributed by atoms with van der Waals surface area (Å²) in [7, 11) is 0. The van der Waals surface area contributed by atoms with E-state index in [-0.39, 0.29) is 5.91 Å².